The molecule has 0 saturated heterocycles. The first kappa shape index (κ1) is 14.1. The van der Waals surface area contributed by atoms with Gasteiger partial charge < -0.3 is 4.74 Å². The Morgan fingerprint density at radius 1 is 1.15 bits per heavy atom. The molecule has 0 bridgehead atoms. The summed E-state index contributed by atoms with van der Waals surface area (Å²) in [7, 11) is 0. The van der Waals surface area contributed by atoms with E-state index in [1.165, 1.54) is 0 Å². The average Bonchev–Trinajstić information content (AvgIpc) is 2.37. The molecule has 0 atom stereocenters. The first-order valence-electron chi connectivity index (χ1n) is 6.56. The fraction of sp³-hybridized carbons (Fsp3) is 0.294. The molecule has 3 heteroatoms. The third-order valence-corrected chi connectivity index (χ3v) is 2.97. The first-order valence-corrected chi connectivity index (χ1v) is 6.56. The van der Waals surface area contributed by atoms with E-state index in [4.69, 9.17) is 10.00 Å². The van der Waals surface area contributed by atoms with Crippen molar-refractivity contribution in [2.75, 3.05) is 0 Å². The Morgan fingerprint density at radius 3 is 2.50 bits per heavy atom. The second-order valence-corrected chi connectivity index (χ2v) is 5.80. The van der Waals surface area contributed by atoms with E-state index in [2.05, 4.69) is 37.9 Å². The number of hydrogen-bond acceptors (Lipinski definition) is 3. The Hall–Kier alpha value is -2.34. The van der Waals surface area contributed by atoms with Gasteiger partial charge in [0.15, 0.2) is 0 Å². The zero-order valence-corrected chi connectivity index (χ0v) is 12.3. The number of hydrogen-bond donors (Lipinski definition) is 0. The summed E-state index contributed by atoms with van der Waals surface area (Å²) in [6, 6.07) is 13.4. The lowest BCUT2D eigenvalue weighted by Gasteiger charge is -2.22. The Kier molecular flexibility index (Phi) is 3.76. The Balaban J connectivity index is 2.41. The molecular weight excluding hydrogens is 248 g/mol. The highest BCUT2D eigenvalue weighted by molar-refractivity contribution is 5.42. The van der Waals surface area contributed by atoms with Crippen molar-refractivity contribution in [2.24, 2.45) is 0 Å². The topological polar surface area (TPSA) is 45.9 Å². The number of ether oxygens (including phenoxy) is 1. The second kappa shape index (κ2) is 5.34. The standard InChI is InChI=1S/C17H18N2O/c1-12-9-13(11-18)10-16(19-12)20-15-8-6-5-7-14(15)17(2,3)4/h5-10H,1-4H3. The van der Waals surface area contributed by atoms with Gasteiger partial charge in [0.1, 0.15) is 5.75 Å². The van der Waals surface area contributed by atoms with E-state index < -0.39 is 0 Å². The number of nitrogens with zero attached hydrogens (tertiary/aromatic N) is 2. The van der Waals surface area contributed by atoms with Gasteiger partial charge in [-0.15, -0.1) is 0 Å². The van der Waals surface area contributed by atoms with Crippen molar-refractivity contribution in [3.63, 3.8) is 0 Å². The summed E-state index contributed by atoms with van der Waals surface area (Å²) in [5, 5.41) is 9.00. The highest BCUT2D eigenvalue weighted by atomic mass is 16.5. The van der Waals surface area contributed by atoms with E-state index in [1.54, 1.807) is 12.1 Å². The van der Waals surface area contributed by atoms with Gasteiger partial charge in [-0.25, -0.2) is 4.98 Å². The van der Waals surface area contributed by atoms with Crippen LogP contribution in [0.5, 0.6) is 11.6 Å². The summed E-state index contributed by atoms with van der Waals surface area (Å²) >= 11 is 0. The highest BCUT2D eigenvalue weighted by Gasteiger charge is 2.19. The maximum absolute atomic E-state index is 9.00. The molecule has 1 aromatic heterocycles. The van der Waals surface area contributed by atoms with Gasteiger partial charge in [0, 0.05) is 17.3 Å². The van der Waals surface area contributed by atoms with Crippen LogP contribution in [0.3, 0.4) is 0 Å². The Labute approximate surface area is 119 Å². The van der Waals surface area contributed by atoms with Gasteiger partial charge in [-0.3, -0.25) is 0 Å². The molecule has 0 radical (unpaired) electrons. The van der Waals surface area contributed by atoms with Gasteiger partial charge in [0.25, 0.3) is 0 Å². The lowest BCUT2D eigenvalue weighted by atomic mass is 9.86. The molecule has 102 valence electrons. The normalized spacial score (nSPS) is 10.9. The number of benzene rings is 1. The van der Waals surface area contributed by atoms with Crippen molar-refractivity contribution in [3.8, 4) is 17.7 Å². The summed E-state index contributed by atoms with van der Waals surface area (Å²) in [5.74, 6) is 1.24. The van der Waals surface area contributed by atoms with Gasteiger partial charge in [-0.05, 0) is 24.5 Å². The minimum Gasteiger partial charge on any atom is -0.439 e. The highest BCUT2D eigenvalue weighted by Crippen LogP contribution is 2.33. The van der Waals surface area contributed by atoms with E-state index >= 15 is 0 Å². The van der Waals surface area contributed by atoms with Crippen LogP contribution in [-0.2, 0) is 5.41 Å². The van der Waals surface area contributed by atoms with E-state index in [0.717, 1.165) is 17.0 Å². The smallest absolute Gasteiger partial charge is 0.220 e. The molecule has 0 saturated carbocycles. The van der Waals surface area contributed by atoms with E-state index in [-0.39, 0.29) is 5.41 Å². The molecule has 0 fully saturated rings. The van der Waals surface area contributed by atoms with Crippen LogP contribution in [0.25, 0.3) is 0 Å². The van der Waals surface area contributed by atoms with Gasteiger partial charge >= 0.3 is 0 Å². The van der Waals surface area contributed by atoms with Crippen LogP contribution in [0.2, 0.25) is 0 Å². The SMILES string of the molecule is Cc1cc(C#N)cc(Oc2ccccc2C(C)(C)C)n1. The quantitative estimate of drug-likeness (QED) is 0.811. The number of rotatable bonds is 2. The molecule has 0 unspecified atom stereocenters. The van der Waals surface area contributed by atoms with Crippen LogP contribution in [0.1, 0.15) is 37.6 Å². The monoisotopic (exact) mass is 266 g/mol. The molecule has 20 heavy (non-hydrogen) atoms. The molecule has 0 N–H and O–H groups in total. The van der Waals surface area contributed by atoms with Crippen molar-refractivity contribution < 1.29 is 4.74 Å². The van der Waals surface area contributed by atoms with Crippen molar-refractivity contribution in [1.82, 2.24) is 4.98 Å². The zero-order valence-electron chi connectivity index (χ0n) is 12.3. The number of aromatic nitrogens is 1. The summed E-state index contributed by atoms with van der Waals surface area (Å²) in [4.78, 5) is 4.33. The van der Waals surface area contributed by atoms with Crippen LogP contribution in [-0.4, -0.2) is 4.98 Å². The Morgan fingerprint density at radius 2 is 1.85 bits per heavy atom. The van der Waals surface area contributed by atoms with Crippen molar-refractivity contribution in [2.45, 2.75) is 33.1 Å². The van der Waals surface area contributed by atoms with Gasteiger partial charge in [0.2, 0.25) is 5.88 Å². The fourth-order valence-electron chi connectivity index (χ4n) is 2.04. The second-order valence-electron chi connectivity index (χ2n) is 5.80. The Bertz CT molecular complexity index is 663. The molecule has 3 nitrogen and oxygen atoms in total. The van der Waals surface area contributed by atoms with Crippen LogP contribution >= 0.6 is 0 Å². The van der Waals surface area contributed by atoms with Gasteiger partial charge in [0.05, 0.1) is 11.6 Å². The summed E-state index contributed by atoms with van der Waals surface area (Å²) in [5.41, 5.74) is 2.42. The molecule has 0 aliphatic heterocycles. The molecule has 0 aliphatic carbocycles. The molecule has 1 heterocycles. The van der Waals surface area contributed by atoms with Crippen LogP contribution < -0.4 is 4.74 Å². The third-order valence-electron chi connectivity index (χ3n) is 2.97. The lowest BCUT2D eigenvalue weighted by molar-refractivity contribution is 0.439. The molecule has 2 rings (SSSR count). The molecule has 2 aromatic rings. The minimum atomic E-state index is -0.0154. The van der Waals surface area contributed by atoms with Gasteiger partial charge in [-0.2, -0.15) is 5.26 Å². The summed E-state index contributed by atoms with van der Waals surface area (Å²) in [6.45, 7) is 8.27. The van der Waals surface area contributed by atoms with Crippen molar-refractivity contribution in [1.29, 1.82) is 5.26 Å². The number of pyridine rings is 1. The maximum Gasteiger partial charge on any atom is 0.220 e. The largest absolute Gasteiger partial charge is 0.439 e. The zero-order chi connectivity index (χ0) is 14.8. The van der Waals surface area contributed by atoms with Crippen LogP contribution in [0, 0.1) is 18.3 Å². The number of nitriles is 1. The van der Waals surface area contributed by atoms with E-state index in [1.807, 2.05) is 25.1 Å². The van der Waals surface area contributed by atoms with E-state index in [9.17, 15) is 0 Å². The van der Waals surface area contributed by atoms with Crippen LogP contribution in [0.4, 0.5) is 0 Å². The molecule has 0 amide bonds. The maximum atomic E-state index is 9.00. The molecule has 1 aromatic carbocycles. The first-order chi connectivity index (χ1) is 9.40. The van der Waals surface area contributed by atoms with Crippen LogP contribution in [0.15, 0.2) is 36.4 Å². The molecule has 0 aliphatic rings. The lowest BCUT2D eigenvalue weighted by Crippen LogP contribution is -2.12. The predicted octanol–water partition coefficient (Wildman–Crippen LogP) is 4.35. The number of aryl methyl sites for hydroxylation is 1. The molecule has 0 spiro atoms. The fourth-order valence-corrected chi connectivity index (χ4v) is 2.04. The average molecular weight is 266 g/mol. The summed E-state index contributed by atoms with van der Waals surface area (Å²) < 4.78 is 5.90. The van der Waals surface area contributed by atoms with E-state index in [0.29, 0.717) is 11.4 Å². The summed E-state index contributed by atoms with van der Waals surface area (Å²) in [6.07, 6.45) is 0. The van der Waals surface area contributed by atoms with Crippen molar-refractivity contribution >= 4 is 0 Å². The predicted molar refractivity (Wildman–Crippen MR) is 78.9 cm³/mol. The third kappa shape index (κ3) is 3.16. The van der Waals surface area contributed by atoms with Gasteiger partial charge in [-0.1, -0.05) is 39.0 Å². The van der Waals surface area contributed by atoms with Crippen molar-refractivity contribution in [3.05, 3.63) is 53.2 Å². The number of para-hydroxylation sites is 1. The minimum absolute atomic E-state index is 0.0154. The molecular formula is C17H18N2O.